The third kappa shape index (κ3) is 5.08. The number of carbonyl (C=O) groups is 1. The molecule has 1 amide bonds. The van der Waals surface area contributed by atoms with Gasteiger partial charge >= 0.3 is 0 Å². The molecule has 0 aromatic rings. The normalized spacial score (nSPS) is 19.1. The second kappa shape index (κ2) is 6.73. The Morgan fingerprint density at radius 1 is 1.40 bits per heavy atom. The summed E-state index contributed by atoms with van der Waals surface area (Å²) in [5.41, 5.74) is 0. The van der Waals surface area contributed by atoms with Gasteiger partial charge in [0.1, 0.15) is 0 Å². The molecule has 0 unspecified atom stereocenters. The molecule has 1 aliphatic heterocycles. The van der Waals surface area contributed by atoms with E-state index in [9.17, 15) is 4.79 Å². The topological polar surface area (TPSA) is 70.8 Å². The fourth-order valence-corrected chi connectivity index (χ4v) is 1.51. The van der Waals surface area contributed by atoms with Gasteiger partial charge in [-0.1, -0.05) is 0 Å². The van der Waals surface area contributed by atoms with Crippen LogP contribution in [-0.2, 0) is 9.63 Å². The van der Waals surface area contributed by atoms with Crippen LogP contribution in [0.1, 0.15) is 0 Å². The Balaban J connectivity index is 2.09. The smallest absolute Gasteiger partial charge is 0.234 e. The molecular formula is C9H20N4O2. The first-order chi connectivity index (χ1) is 7.22. The van der Waals surface area contributed by atoms with Crippen molar-refractivity contribution in [3.63, 3.8) is 0 Å². The molecule has 0 radical (unpaired) electrons. The molecule has 1 saturated heterocycles. The molecular weight excluding hydrogens is 200 g/mol. The summed E-state index contributed by atoms with van der Waals surface area (Å²) in [6.45, 7) is 5.27. The Morgan fingerprint density at radius 3 is 2.67 bits per heavy atom. The molecule has 1 aliphatic rings. The van der Waals surface area contributed by atoms with Gasteiger partial charge < -0.3 is 15.1 Å². The van der Waals surface area contributed by atoms with Crippen LogP contribution in [0.25, 0.3) is 0 Å². The number of amides is 1. The fourth-order valence-electron chi connectivity index (χ4n) is 1.51. The van der Waals surface area contributed by atoms with E-state index in [0.717, 1.165) is 26.2 Å². The van der Waals surface area contributed by atoms with Crippen LogP contribution in [0.2, 0.25) is 0 Å². The van der Waals surface area contributed by atoms with Crippen LogP contribution in [0.4, 0.5) is 0 Å². The first-order valence-electron chi connectivity index (χ1n) is 5.21. The number of piperazine rings is 1. The first kappa shape index (κ1) is 12.4. The molecule has 88 valence electrons. The van der Waals surface area contributed by atoms with Gasteiger partial charge in [-0.2, -0.15) is 0 Å². The lowest BCUT2D eigenvalue weighted by Gasteiger charge is -2.31. The molecule has 3 N–H and O–H groups in total. The Morgan fingerprint density at radius 2 is 2.07 bits per heavy atom. The number of hydrogen-bond acceptors (Lipinski definition) is 5. The predicted octanol–water partition coefficient (Wildman–Crippen LogP) is -1.76. The second-order valence-electron chi connectivity index (χ2n) is 3.80. The minimum absolute atomic E-state index is 0.0385. The Bertz CT molecular complexity index is 193. The van der Waals surface area contributed by atoms with Gasteiger partial charge in [0.2, 0.25) is 5.91 Å². The van der Waals surface area contributed by atoms with Gasteiger partial charge in [0, 0.05) is 32.7 Å². The number of rotatable bonds is 5. The summed E-state index contributed by atoms with van der Waals surface area (Å²) < 4.78 is 0. The average molecular weight is 220 g/mol. The van der Waals surface area contributed by atoms with Gasteiger partial charge in [0.15, 0.2) is 0 Å². The molecule has 0 atom stereocenters. The average Bonchev–Trinajstić information content (AvgIpc) is 2.22. The second-order valence-corrected chi connectivity index (χ2v) is 3.80. The molecule has 6 nitrogen and oxygen atoms in total. The van der Waals surface area contributed by atoms with E-state index in [1.807, 2.05) is 0 Å². The molecule has 15 heavy (non-hydrogen) atoms. The van der Waals surface area contributed by atoms with Crippen molar-refractivity contribution in [3.05, 3.63) is 0 Å². The number of hydrogen-bond donors (Lipinski definition) is 2. The zero-order chi connectivity index (χ0) is 11.1. The zero-order valence-corrected chi connectivity index (χ0v) is 9.24. The van der Waals surface area contributed by atoms with Crippen LogP contribution in [0.15, 0.2) is 0 Å². The molecule has 1 rings (SSSR count). The van der Waals surface area contributed by atoms with Gasteiger partial charge in [-0.3, -0.25) is 9.69 Å². The van der Waals surface area contributed by atoms with E-state index in [2.05, 4.69) is 27.0 Å². The van der Waals surface area contributed by atoms with Crippen molar-refractivity contribution in [2.75, 3.05) is 52.9 Å². The van der Waals surface area contributed by atoms with Crippen LogP contribution < -0.4 is 11.2 Å². The maximum Gasteiger partial charge on any atom is 0.234 e. The maximum absolute atomic E-state index is 11.4. The summed E-state index contributed by atoms with van der Waals surface area (Å²) in [7, 11) is 2.09. The van der Waals surface area contributed by atoms with E-state index in [1.165, 1.54) is 0 Å². The van der Waals surface area contributed by atoms with Crippen LogP contribution in [-0.4, -0.2) is 68.6 Å². The molecule has 0 bridgehead atoms. The summed E-state index contributed by atoms with van der Waals surface area (Å²) >= 11 is 0. The van der Waals surface area contributed by atoms with Gasteiger partial charge in [-0.25, -0.2) is 5.90 Å². The molecule has 1 heterocycles. The van der Waals surface area contributed by atoms with Crippen LogP contribution in [0.3, 0.4) is 0 Å². The molecule has 0 aromatic heterocycles. The lowest BCUT2D eigenvalue weighted by molar-refractivity contribution is -0.122. The number of carbonyl (C=O) groups excluding carboxylic acids is 1. The van der Waals surface area contributed by atoms with Crippen molar-refractivity contribution in [1.82, 2.24) is 15.1 Å². The Kier molecular flexibility index (Phi) is 5.56. The molecule has 0 aliphatic carbocycles. The molecule has 0 spiro atoms. The number of likely N-dealkylation sites (N-methyl/N-ethyl adjacent to an activating group) is 1. The van der Waals surface area contributed by atoms with Crippen molar-refractivity contribution >= 4 is 5.91 Å². The van der Waals surface area contributed by atoms with Crippen LogP contribution in [0.5, 0.6) is 0 Å². The Labute approximate surface area is 90.3 Å². The third-order valence-corrected chi connectivity index (χ3v) is 2.51. The maximum atomic E-state index is 11.4. The number of nitrogens with two attached hydrogens (primary N) is 1. The quantitative estimate of drug-likeness (QED) is 0.189. The van der Waals surface area contributed by atoms with Crippen LogP contribution in [0, 0.1) is 0 Å². The van der Waals surface area contributed by atoms with Gasteiger partial charge in [0.25, 0.3) is 0 Å². The molecule has 6 heteroatoms. The van der Waals surface area contributed by atoms with Crippen molar-refractivity contribution in [2.45, 2.75) is 0 Å². The highest BCUT2D eigenvalue weighted by Crippen LogP contribution is 1.97. The highest BCUT2D eigenvalue weighted by Gasteiger charge is 2.15. The minimum atomic E-state index is 0.0385. The SMILES string of the molecule is CN1CC[15N]([13CH2]C(=[18O])NCCON)CC1. The first-order valence-corrected chi connectivity index (χ1v) is 5.21. The van der Waals surface area contributed by atoms with E-state index in [1.54, 1.807) is 0 Å². The largest absolute Gasteiger partial charge is 0.353 e. The van der Waals surface area contributed by atoms with Gasteiger partial charge in [-0.15, -0.1) is 0 Å². The monoisotopic (exact) mass is 220 g/mol. The Hall–Kier alpha value is -0.690. The van der Waals surface area contributed by atoms with Crippen LogP contribution >= 0.6 is 0 Å². The highest BCUT2D eigenvalue weighted by atomic mass is 18.1. The number of nitrogens with zero attached hydrogens (tertiary/aromatic N) is 2. The lowest BCUT2D eigenvalue weighted by Crippen LogP contribution is -2.48. The van der Waals surface area contributed by atoms with E-state index in [-0.39, 0.29) is 5.91 Å². The van der Waals surface area contributed by atoms with E-state index >= 15 is 0 Å². The summed E-state index contributed by atoms with van der Waals surface area (Å²) in [5.74, 6) is 4.89. The van der Waals surface area contributed by atoms with E-state index < -0.39 is 0 Å². The minimum Gasteiger partial charge on any atom is -0.353 e. The summed E-state index contributed by atoms with van der Waals surface area (Å²) in [5, 5.41) is 2.74. The lowest BCUT2D eigenvalue weighted by atomic mass is 10.4. The van der Waals surface area contributed by atoms with Crippen molar-refractivity contribution in [2.24, 2.45) is 5.90 Å². The molecule has 0 aromatic carbocycles. The predicted molar refractivity (Wildman–Crippen MR) is 57.1 cm³/mol. The summed E-state index contributed by atoms with van der Waals surface area (Å²) in [4.78, 5) is 20.2. The van der Waals surface area contributed by atoms with E-state index in [0.29, 0.717) is 19.7 Å². The molecule has 0 saturated carbocycles. The molecule has 1 fully saturated rings. The van der Waals surface area contributed by atoms with Gasteiger partial charge in [0.05, 0.1) is 13.2 Å². The summed E-state index contributed by atoms with van der Waals surface area (Å²) in [6, 6.07) is 0. The van der Waals surface area contributed by atoms with E-state index in [4.69, 9.17) is 5.90 Å². The van der Waals surface area contributed by atoms with Crippen molar-refractivity contribution < 1.29 is 9.63 Å². The fraction of sp³-hybridized carbons (Fsp3) is 0.889. The number of nitrogens with one attached hydrogen (secondary N) is 1. The van der Waals surface area contributed by atoms with Crippen molar-refractivity contribution in [1.29, 1.82) is 0 Å². The van der Waals surface area contributed by atoms with Crippen molar-refractivity contribution in [3.8, 4) is 0 Å². The van der Waals surface area contributed by atoms with Gasteiger partial charge in [-0.05, 0) is 7.05 Å². The highest BCUT2D eigenvalue weighted by molar-refractivity contribution is 5.77. The summed E-state index contributed by atoms with van der Waals surface area (Å²) in [6.07, 6.45) is 0. The standard InChI is InChI=1S/C9H20N4O2/c1-12-3-5-13(6-4-12)8-9(14)11-2-7-15-10/h2-8,10H2,1H3,(H,11,14)/i8+1,13+1,14+2. The third-order valence-electron chi connectivity index (χ3n) is 2.51. The zero-order valence-electron chi connectivity index (χ0n) is 9.24.